The largest absolute Gasteiger partial charge is 0.417 e. The van der Waals surface area contributed by atoms with Crippen LogP contribution in [0.25, 0.3) is 11.1 Å². The zero-order valence-electron chi connectivity index (χ0n) is 16.5. The monoisotopic (exact) mass is 437 g/mol. The lowest BCUT2D eigenvalue weighted by molar-refractivity contribution is 0.0952. The van der Waals surface area contributed by atoms with Gasteiger partial charge in [0, 0.05) is 12.6 Å². The summed E-state index contributed by atoms with van der Waals surface area (Å²) in [5.74, 6) is -1.08. The van der Waals surface area contributed by atoms with E-state index in [1.54, 1.807) is 12.1 Å². The van der Waals surface area contributed by atoms with Gasteiger partial charge in [-0.2, -0.15) is 0 Å². The number of rotatable bonds is 6. The summed E-state index contributed by atoms with van der Waals surface area (Å²) >= 11 is 0. The number of anilines is 1. The van der Waals surface area contributed by atoms with E-state index >= 15 is 0 Å². The van der Waals surface area contributed by atoms with Crippen LogP contribution in [0.5, 0.6) is 0 Å². The minimum absolute atomic E-state index is 0.0994. The van der Waals surface area contributed by atoms with Crippen LogP contribution in [0.3, 0.4) is 0 Å². The van der Waals surface area contributed by atoms with Gasteiger partial charge in [-0.15, -0.1) is 0 Å². The fraction of sp³-hybridized carbons (Fsp3) is 0.0909. The average Bonchev–Trinajstić information content (AvgIpc) is 3.12. The molecule has 4 rings (SSSR count). The van der Waals surface area contributed by atoms with E-state index in [1.165, 1.54) is 30.3 Å². The van der Waals surface area contributed by atoms with Gasteiger partial charge in [0.25, 0.3) is 15.9 Å². The summed E-state index contributed by atoms with van der Waals surface area (Å²) in [4.78, 5) is 26.4. The molecule has 0 aliphatic rings. The zero-order chi connectivity index (χ0) is 22.0. The Hall–Kier alpha value is -3.85. The maximum atomic E-state index is 12.9. The fourth-order valence-corrected chi connectivity index (χ4v) is 4.14. The SMILES string of the molecule is Cc1ccc(CNC(=O)c2ccccc2NS(=O)(=O)c2ccc3[nH]c(=O)oc3c2)cc1. The van der Waals surface area contributed by atoms with Gasteiger partial charge in [-0.25, -0.2) is 13.2 Å². The van der Waals surface area contributed by atoms with Gasteiger partial charge < -0.3 is 9.73 Å². The third-order valence-electron chi connectivity index (χ3n) is 4.69. The van der Waals surface area contributed by atoms with E-state index < -0.39 is 21.7 Å². The van der Waals surface area contributed by atoms with Crippen molar-refractivity contribution in [3.63, 3.8) is 0 Å². The number of sulfonamides is 1. The summed E-state index contributed by atoms with van der Waals surface area (Å²) in [6.07, 6.45) is 0. The smallest absolute Gasteiger partial charge is 0.408 e. The topological polar surface area (TPSA) is 121 Å². The highest BCUT2D eigenvalue weighted by Gasteiger charge is 2.20. The van der Waals surface area contributed by atoms with Crippen molar-refractivity contribution in [1.29, 1.82) is 0 Å². The van der Waals surface area contributed by atoms with E-state index in [-0.39, 0.29) is 21.7 Å². The van der Waals surface area contributed by atoms with Crippen molar-refractivity contribution >= 4 is 32.7 Å². The number of hydrogen-bond donors (Lipinski definition) is 3. The number of oxazole rings is 1. The number of aryl methyl sites for hydroxylation is 1. The number of aromatic amines is 1. The van der Waals surface area contributed by atoms with Gasteiger partial charge >= 0.3 is 5.76 Å². The molecule has 158 valence electrons. The molecule has 0 aliphatic carbocycles. The number of aromatic nitrogens is 1. The standard InChI is InChI=1S/C22H19N3O5S/c1-14-6-8-15(9-7-14)13-23-21(26)17-4-2-3-5-18(17)25-31(28,29)16-10-11-19-20(12-16)30-22(27)24-19/h2-12,25H,13H2,1H3,(H,23,26)(H,24,27). The number of hydrogen-bond acceptors (Lipinski definition) is 5. The Bertz CT molecular complexity index is 1420. The number of carbonyl (C=O) groups is 1. The molecule has 0 saturated carbocycles. The van der Waals surface area contributed by atoms with E-state index in [1.807, 2.05) is 31.2 Å². The van der Waals surface area contributed by atoms with Gasteiger partial charge in [-0.3, -0.25) is 14.5 Å². The molecule has 0 fully saturated rings. The van der Waals surface area contributed by atoms with Crippen LogP contribution in [0.15, 0.2) is 80.8 Å². The first-order valence-electron chi connectivity index (χ1n) is 9.40. The summed E-state index contributed by atoms with van der Waals surface area (Å²) in [6, 6.07) is 18.1. The maximum absolute atomic E-state index is 12.9. The summed E-state index contributed by atoms with van der Waals surface area (Å²) in [7, 11) is -4.03. The van der Waals surface area contributed by atoms with E-state index in [2.05, 4.69) is 15.0 Å². The van der Waals surface area contributed by atoms with Crippen molar-refractivity contribution in [1.82, 2.24) is 10.3 Å². The molecule has 1 heterocycles. The van der Waals surface area contributed by atoms with Gasteiger partial charge in [-0.1, -0.05) is 42.0 Å². The number of amides is 1. The molecule has 31 heavy (non-hydrogen) atoms. The van der Waals surface area contributed by atoms with Crippen molar-refractivity contribution in [2.75, 3.05) is 4.72 Å². The van der Waals surface area contributed by atoms with Gasteiger partial charge in [0.1, 0.15) is 0 Å². The van der Waals surface area contributed by atoms with Crippen molar-refractivity contribution in [3.05, 3.63) is 94.0 Å². The minimum Gasteiger partial charge on any atom is -0.408 e. The molecule has 0 bridgehead atoms. The minimum atomic E-state index is -4.03. The fourth-order valence-electron chi connectivity index (χ4n) is 3.05. The van der Waals surface area contributed by atoms with E-state index in [0.29, 0.717) is 12.1 Å². The van der Waals surface area contributed by atoms with Crippen molar-refractivity contribution in [3.8, 4) is 0 Å². The van der Waals surface area contributed by atoms with Crippen LogP contribution in [-0.2, 0) is 16.6 Å². The zero-order valence-corrected chi connectivity index (χ0v) is 17.3. The molecule has 0 spiro atoms. The van der Waals surface area contributed by atoms with Crippen molar-refractivity contribution in [2.24, 2.45) is 0 Å². The lowest BCUT2D eigenvalue weighted by Crippen LogP contribution is -2.25. The van der Waals surface area contributed by atoms with Crippen LogP contribution in [-0.4, -0.2) is 19.3 Å². The van der Waals surface area contributed by atoms with Crippen LogP contribution < -0.4 is 15.8 Å². The predicted octanol–water partition coefficient (Wildman–Crippen LogP) is 3.16. The highest BCUT2D eigenvalue weighted by Crippen LogP contribution is 2.22. The quantitative estimate of drug-likeness (QED) is 0.428. The Labute approximate surface area is 178 Å². The molecule has 0 saturated heterocycles. The average molecular weight is 437 g/mol. The highest BCUT2D eigenvalue weighted by molar-refractivity contribution is 7.92. The molecular formula is C22H19N3O5S. The second kappa shape index (κ2) is 8.11. The van der Waals surface area contributed by atoms with Gasteiger partial charge in [0.05, 0.1) is 21.7 Å². The predicted molar refractivity (Wildman–Crippen MR) is 116 cm³/mol. The molecular weight excluding hydrogens is 418 g/mol. The number of fused-ring (bicyclic) bond motifs is 1. The first kappa shape index (κ1) is 20.4. The number of H-pyrrole nitrogens is 1. The Morgan fingerprint density at radius 1 is 1.03 bits per heavy atom. The van der Waals surface area contributed by atoms with E-state index in [0.717, 1.165) is 11.1 Å². The highest BCUT2D eigenvalue weighted by atomic mass is 32.2. The summed E-state index contributed by atoms with van der Waals surface area (Å²) in [5.41, 5.74) is 2.88. The van der Waals surface area contributed by atoms with Crippen LogP contribution in [0.4, 0.5) is 5.69 Å². The van der Waals surface area contributed by atoms with E-state index in [4.69, 9.17) is 4.42 Å². The van der Waals surface area contributed by atoms with Crippen LogP contribution in [0, 0.1) is 6.92 Å². The Morgan fingerprint density at radius 2 is 1.77 bits per heavy atom. The first-order valence-corrected chi connectivity index (χ1v) is 10.9. The molecule has 0 unspecified atom stereocenters. The molecule has 8 nitrogen and oxygen atoms in total. The van der Waals surface area contributed by atoms with Gasteiger partial charge in [0.15, 0.2) is 5.58 Å². The second-order valence-electron chi connectivity index (χ2n) is 6.99. The summed E-state index contributed by atoms with van der Waals surface area (Å²) in [6.45, 7) is 2.29. The molecule has 1 aromatic heterocycles. The number of carbonyl (C=O) groups excluding carboxylic acids is 1. The molecule has 9 heteroatoms. The van der Waals surface area contributed by atoms with Crippen LogP contribution in [0.2, 0.25) is 0 Å². The van der Waals surface area contributed by atoms with E-state index in [9.17, 15) is 18.0 Å². The molecule has 3 N–H and O–H groups in total. The van der Waals surface area contributed by atoms with Crippen molar-refractivity contribution in [2.45, 2.75) is 18.4 Å². The summed E-state index contributed by atoms with van der Waals surface area (Å²) in [5, 5.41) is 2.80. The van der Waals surface area contributed by atoms with Gasteiger partial charge in [-0.05, 0) is 36.8 Å². The number of nitrogens with one attached hydrogen (secondary N) is 3. The molecule has 0 atom stereocenters. The first-order chi connectivity index (χ1) is 14.8. The third kappa shape index (κ3) is 4.51. The Morgan fingerprint density at radius 3 is 2.55 bits per heavy atom. The van der Waals surface area contributed by atoms with Crippen LogP contribution >= 0.6 is 0 Å². The lowest BCUT2D eigenvalue weighted by Gasteiger charge is -2.13. The molecule has 0 radical (unpaired) electrons. The van der Waals surface area contributed by atoms with Crippen molar-refractivity contribution < 1.29 is 17.6 Å². The molecule has 0 aliphatic heterocycles. The van der Waals surface area contributed by atoms with Gasteiger partial charge in [0.2, 0.25) is 0 Å². The Kier molecular flexibility index (Phi) is 5.35. The normalized spacial score (nSPS) is 11.4. The van der Waals surface area contributed by atoms with Crippen LogP contribution in [0.1, 0.15) is 21.5 Å². The molecule has 1 amide bonds. The summed E-state index contributed by atoms with van der Waals surface area (Å²) < 4.78 is 33.1. The number of benzene rings is 3. The third-order valence-corrected chi connectivity index (χ3v) is 6.06. The Balaban J connectivity index is 1.56. The maximum Gasteiger partial charge on any atom is 0.417 e. The lowest BCUT2D eigenvalue weighted by atomic mass is 10.1. The number of para-hydroxylation sites is 1. The molecule has 3 aromatic carbocycles. The second-order valence-corrected chi connectivity index (χ2v) is 8.67. The molecule has 4 aromatic rings.